The third kappa shape index (κ3) is 3.74. The SMILES string of the molecule is COc1ccc(Br)cc1/C=c1\sc2nc(/C=C/c3ccc(F)cc3)nn2c1=O. The van der Waals surface area contributed by atoms with Gasteiger partial charge in [-0.25, -0.2) is 4.39 Å². The Hall–Kier alpha value is -2.84. The predicted molar refractivity (Wildman–Crippen MR) is 112 cm³/mol. The first-order valence-electron chi connectivity index (χ1n) is 8.22. The van der Waals surface area contributed by atoms with Gasteiger partial charge in [-0.3, -0.25) is 4.79 Å². The summed E-state index contributed by atoms with van der Waals surface area (Å²) in [5, 5.41) is 4.25. The summed E-state index contributed by atoms with van der Waals surface area (Å²) < 4.78 is 21.0. The number of hydrogen-bond donors (Lipinski definition) is 0. The summed E-state index contributed by atoms with van der Waals surface area (Å²) in [5.41, 5.74) is 1.36. The van der Waals surface area contributed by atoms with E-state index >= 15 is 0 Å². The average Bonchev–Trinajstić information content (AvgIpc) is 3.21. The second-order valence-corrected chi connectivity index (χ2v) is 7.78. The van der Waals surface area contributed by atoms with E-state index in [2.05, 4.69) is 26.0 Å². The fourth-order valence-electron chi connectivity index (χ4n) is 2.62. The van der Waals surface area contributed by atoms with E-state index in [1.165, 1.54) is 28.0 Å². The maximum absolute atomic E-state index is 13.0. The molecule has 5 nitrogen and oxygen atoms in total. The molecule has 0 bridgehead atoms. The third-order valence-corrected chi connectivity index (χ3v) is 5.42. The second-order valence-electron chi connectivity index (χ2n) is 5.85. The van der Waals surface area contributed by atoms with Gasteiger partial charge in [-0.05, 0) is 48.0 Å². The molecule has 0 aliphatic heterocycles. The van der Waals surface area contributed by atoms with Gasteiger partial charge in [-0.1, -0.05) is 45.5 Å². The van der Waals surface area contributed by atoms with Crippen LogP contribution in [-0.4, -0.2) is 21.7 Å². The monoisotopic (exact) mass is 457 g/mol. The maximum Gasteiger partial charge on any atom is 0.291 e. The van der Waals surface area contributed by atoms with E-state index in [4.69, 9.17) is 4.74 Å². The van der Waals surface area contributed by atoms with Crippen LogP contribution in [0.3, 0.4) is 0 Å². The number of halogens is 2. The molecule has 0 unspecified atom stereocenters. The molecule has 2 aromatic carbocycles. The number of benzene rings is 2. The van der Waals surface area contributed by atoms with Gasteiger partial charge in [0.15, 0.2) is 5.82 Å². The number of rotatable bonds is 4. The highest BCUT2D eigenvalue weighted by Crippen LogP contribution is 2.23. The molecular weight excluding hydrogens is 445 g/mol. The third-order valence-electron chi connectivity index (χ3n) is 3.97. The van der Waals surface area contributed by atoms with E-state index < -0.39 is 0 Å². The smallest absolute Gasteiger partial charge is 0.291 e. The Balaban J connectivity index is 1.70. The highest BCUT2D eigenvalue weighted by Gasteiger charge is 2.10. The lowest BCUT2D eigenvalue weighted by Gasteiger charge is -2.04. The summed E-state index contributed by atoms with van der Waals surface area (Å²) in [6.07, 6.45) is 5.22. The Labute approximate surface area is 171 Å². The van der Waals surface area contributed by atoms with Crippen molar-refractivity contribution in [2.45, 2.75) is 0 Å². The van der Waals surface area contributed by atoms with Crippen LogP contribution in [0.1, 0.15) is 17.0 Å². The highest BCUT2D eigenvalue weighted by atomic mass is 79.9. The molecule has 4 rings (SSSR count). The van der Waals surface area contributed by atoms with Gasteiger partial charge in [0.1, 0.15) is 11.6 Å². The zero-order valence-corrected chi connectivity index (χ0v) is 17.0. The molecule has 0 atom stereocenters. The Morgan fingerprint density at radius 3 is 2.68 bits per heavy atom. The molecule has 2 heterocycles. The molecule has 140 valence electrons. The molecule has 0 aliphatic carbocycles. The largest absolute Gasteiger partial charge is 0.496 e. The van der Waals surface area contributed by atoms with Gasteiger partial charge < -0.3 is 4.74 Å². The fourth-order valence-corrected chi connectivity index (χ4v) is 3.91. The molecule has 28 heavy (non-hydrogen) atoms. The first kappa shape index (κ1) is 18.5. The summed E-state index contributed by atoms with van der Waals surface area (Å²) in [7, 11) is 1.58. The van der Waals surface area contributed by atoms with E-state index in [0.717, 1.165) is 15.6 Å². The summed E-state index contributed by atoms with van der Waals surface area (Å²) in [6.45, 7) is 0. The normalized spacial score (nSPS) is 12.3. The maximum atomic E-state index is 13.0. The average molecular weight is 458 g/mol. The molecule has 0 amide bonds. The van der Waals surface area contributed by atoms with Crippen molar-refractivity contribution in [3.63, 3.8) is 0 Å². The number of aromatic nitrogens is 3. The summed E-state index contributed by atoms with van der Waals surface area (Å²) >= 11 is 4.68. The summed E-state index contributed by atoms with van der Waals surface area (Å²) in [4.78, 5) is 17.5. The van der Waals surface area contributed by atoms with E-state index in [1.807, 2.05) is 18.2 Å². The van der Waals surface area contributed by atoms with E-state index in [0.29, 0.717) is 21.1 Å². The van der Waals surface area contributed by atoms with Gasteiger partial charge in [0.2, 0.25) is 4.96 Å². The molecule has 2 aromatic heterocycles. The van der Waals surface area contributed by atoms with Gasteiger partial charge in [-0.2, -0.15) is 9.50 Å². The van der Waals surface area contributed by atoms with Crippen LogP contribution in [0.5, 0.6) is 5.75 Å². The van der Waals surface area contributed by atoms with Crippen LogP contribution >= 0.6 is 27.3 Å². The lowest BCUT2D eigenvalue weighted by Crippen LogP contribution is -2.23. The van der Waals surface area contributed by atoms with Crippen molar-refractivity contribution < 1.29 is 9.13 Å². The molecule has 4 aromatic rings. The zero-order chi connectivity index (χ0) is 19.7. The number of methoxy groups -OCH3 is 1. The van der Waals surface area contributed by atoms with Crippen LogP contribution in [0.25, 0.3) is 23.2 Å². The Morgan fingerprint density at radius 2 is 1.96 bits per heavy atom. The number of hydrogen-bond acceptors (Lipinski definition) is 5. The quantitative estimate of drug-likeness (QED) is 0.467. The predicted octanol–water partition coefficient (Wildman–Crippen LogP) is 3.78. The van der Waals surface area contributed by atoms with Gasteiger partial charge in [0.25, 0.3) is 5.56 Å². The minimum Gasteiger partial charge on any atom is -0.496 e. The van der Waals surface area contributed by atoms with Gasteiger partial charge in [0, 0.05) is 10.0 Å². The second kappa shape index (κ2) is 7.65. The van der Waals surface area contributed by atoms with Crippen LogP contribution in [0.15, 0.2) is 51.7 Å². The summed E-state index contributed by atoms with van der Waals surface area (Å²) in [6, 6.07) is 11.7. The first-order valence-corrected chi connectivity index (χ1v) is 9.83. The molecule has 0 saturated heterocycles. The van der Waals surface area contributed by atoms with Gasteiger partial charge in [0.05, 0.1) is 11.6 Å². The van der Waals surface area contributed by atoms with Crippen LogP contribution in [0.4, 0.5) is 4.39 Å². The van der Waals surface area contributed by atoms with Crippen molar-refractivity contribution in [3.05, 3.63) is 84.6 Å². The standard InChI is InChI=1S/C20H13BrFN3O2S/c1-27-16-8-5-14(21)10-13(16)11-17-19(26)25-20(28-17)23-18(24-25)9-4-12-2-6-15(22)7-3-12/h2-11H,1H3/b9-4+,17-11-. The van der Waals surface area contributed by atoms with E-state index in [9.17, 15) is 9.18 Å². The van der Waals surface area contributed by atoms with Gasteiger partial charge in [-0.15, -0.1) is 5.10 Å². The summed E-state index contributed by atoms with van der Waals surface area (Å²) in [5.74, 6) is 0.795. The van der Waals surface area contributed by atoms with E-state index in [-0.39, 0.29) is 11.4 Å². The Bertz CT molecular complexity index is 1300. The van der Waals surface area contributed by atoms with Crippen molar-refractivity contribution in [3.8, 4) is 5.75 Å². The molecule has 0 N–H and O–H groups in total. The number of ether oxygens (including phenoxy) is 1. The van der Waals surface area contributed by atoms with Crippen LogP contribution < -0.4 is 14.8 Å². The topological polar surface area (TPSA) is 56.5 Å². The first-order chi connectivity index (χ1) is 13.5. The molecule has 0 spiro atoms. The lowest BCUT2D eigenvalue weighted by atomic mass is 10.2. The van der Waals surface area contributed by atoms with Crippen LogP contribution in [0.2, 0.25) is 0 Å². The Morgan fingerprint density at radius 1 is 1.18 bits per heavy atom. The van der Waals surface area contributed by atoms with Crippen molar-refractivity contribution in [2.75, 3.05) is 7.11 Å². The highest BCUT2D eigenvalue weighted by molar-refractivity contribution is 9.10. The number of nitrogens with zero attached hydrogens (tertiary/aromatic N) is 3. The molecule has 0 radical (unpaired) electrons. The minimum absolute atomic E-state index is 0.240. The molecular formula is C20H13BrFN3O2S. The van der Waals surface area contributed by atoms with Crippen molar-refractivity contribution in [2.24, 2.45) is 0 Å². The van der Waals surface area contributed by atoms with Crippen LogP contribution in [-0.2, 0) is 0 Å². The van der Waals surface area contributed by atoms with Gasteiger partial charge >= 0.3 is 0 Å². The minimum atomic E-state index is -0.292. The van der Waals surface area contributed by atoms with Crippen LogP contribution in [0, 0.1) is 5.82 Å². The fraction of sp³-hybridized carbons (Fsp3) is 0.0500. The van der Waals surface area contributed by atoms with Crippen molar-refractivity contribution in [1.82, 2.24) is 14.6 Å². The molecule has 8 heteroatoms. The molecule has 0 fully saturated rings. The number of thiazole rings is 1. The molecule has 0 saturated carbocycles. The lowest BCUT2D eigenvalue weighted by molar-refractivity contribution is 0.414. The van der Waals surface area contributed by atoms with Crippen molar-refractivity contribution >= 4 is 50.5 Å². The molecule has 0 aliphatic rings. The number of fused-ring (bicyclic) bond motifs is 1. The van der Waals surface area contributed by atoms with Crippen molar-refractivity contribution in [1.29, 1.82) is 0 Å². The van der Waals surface area contributed by atoms with E-state index in [1.54, 1.807) is 37.5 Å². The zero-order valence-electron chi connectivity index (χ0n) is 14.6. The Kier molecular flexibility index (Phi) is 5.06.